The predicted octanol–water partition coefficient (Wildman–Crippen LogP) is 3.29. The van der Waals surface area contributed by atoms with Crippen molar-refractivity contribution in [2.45, 2.75) is 45.1 Å². The van der Waals surface area contributed by atoms with E-state index >= 15 is 0 Å². The molecule has 1 aliphatic carbocycles. The first kappa shape index (κ1) is 19.6. The van der Waals surface area contributed by atoms with Crippen LogP contribution in [-0.2, 0) is 14.3 Å². The first-order valence-corrected chi connectivity index (χ1v) is 10.3. The quantitative estimate of drug-likeness (QED) is 0.750. The highest BCUT2D eigenvalue weighted by Crippen LogP contribution is 2.35. The van der Waals surface area contributed by atoms with Crippen LogP contribution in [0.2, 0.25) is 0 Å². The Labute approximate surface area is 169 Å². The summed E-state index contributed by atoms with van der Waals surface area (Å²) in [5, 5.41) is 7.05. The largest absolute Gasteiger partial charge is 0.460 e. The zero-order valence-corrected chi connectivity index (χ0v) is 16.5. The van der Waals surface area contributed by atoms with Crippen molar-refractivity contribution in [1.82, 2.24) is 5.32 Å². The van der Waals surface area contributed by atoms with Gasteiger partial charge in [0.05, 0.1) is 12.6 Å². The molecule has 1 aromatic carbocycles. The second kappa shape index (κ2) is 8.37. The molecule has 154 valence electrons. The molecule has 1 saturated heterocycles. The zero-order valence-electron chi connectivity index (χ0n) is 16.5. The minimum absolute atomic E-state index is 0.0575. The van der Waals surface area contributed by atoms with E-state index in [-0.39, 0.29) is 30.2 Å². The Hall–Kier alpha value is -2.67. The number of ether oxygens (including phenoxy) is 1. The van der Waals surface area contributed by atoms with Crippen LogP contribution in [0.3, 0.4) is 0 Å². The van der Waals surface area contributed by atoms with Crippen molar-refractivity contribution in [2.75, 3.05) is 18.5 Å². The summed E-state index contributed by atoms with van der Waals surface area (Å²) in [6.45, 7) is 2.84. The van der Waals surface area contributed by atoms with Crippen molar-refractivity contribution in [3.63, 3.8) is 0 Å². The van der Waals surface area contributed by atoms with Crippen LogP contribution in [0.1, 0.15) is 49.6 Å². The summed E-state index contributed by atoms with van der Waals surface area (Å²) in [5.41, 5.74) is 1.22. The molecule has 1 aromatic heterocycles. The minimum atomic E-state index is -0.502. The Morgan fingerprint density at radius 2 is 2.00 bits per heavy atom. The van der Waals surface area contributed by atoms with Crippen LogP contribution in [0.5, 0.6) is 0 Å². The molecule has 2 heterocycles. The summed E-state index contributed by atoms with van der Waals surface area (Å²) < 4.78 is 10.5. The van der Waals surface area contributed by atoms with Gasteiger partial charge in [-0.25, -0.2) is 4.79 Å². The maximum atomic E-state index is 12.9. The average molecular weight is 398 g/mol. The molecule has 0 spiro atoms. The lowest BCUT2D eigenvalue weighted by atomic mass is 9.76. The minimum Gasteiger partial charge on any atom is -0.460 e. The number of nitrogens with one attached hydrogen (secondary N) is 2. The average Bonchev–Trinajstić information content (AvgIpc) is 3.35. The molecule has 2 N–H and O–H groups in total. The standard InChI is InChI=1S/C22H26N2O5/c1-2-28-22(27)19-12-14-11-15(5-8-18(14)29-19)24-21(26)20-17(9-10-23-20)13-3-6-16(25)7-4-13/h5,8,11-13,17,20,23H,2-4,6-7,9-10H2,1H3,(H,24,26)/t17-,20+/m1/s1. The van der Waals surface area contributed by atoms with E-state index in [0.29, 0.717) is 35.8 Å². The van der Waals surface area contributed by atoms with Gasteiger partial charge in [0.2, 0.25) is 11.7 Å². The van der Waals surface area contributed by atoms with Crippen molar-refractivity contribution >= 4 is 34.3 Å². The molecule has 4 rings (SSSR count). The van der Waals surface area contributed by atoms with Crippen LogP contribution < -0.4 is 10.6 Å². The molecule has 29 heavy (non-hydrogen) atoms. The Morgan fingerprint density at radius 3 is 2.76 bits per heavy atom. The van der Waals surface area contributed by atoms with Crippen molar-refractivity contribution in [3.05, 3.63) is 30.0 Å². The molecule has 7 nitrogen and oxygen atoms in total. The Bertz CT molecular complexity index is 924. The molecule has 2 fully saturated rings. The first-order valence-electron chi connectivity index (χ1n) is 10.3. The van der Waals surface area contributed by atoms with E-state index in [9.17, 15) is 14.4 Å². The maximum Gasteiger partial charge on any atom is 0.374 e. The number of Topliss-reactive ketones (excluding diaryl/α,β-unsaturated/α-hetero) is 1. The maximum absolute atomic E-state index is 12.9. The van der Waals surface area contributed by atoms with Gasteiger partial charge in [0.25, 0.3) is 0 Å². The SMILES string of the molecule is CCOC(=O)c1cc2cc(NC(=O)[C@H]3NCC[C@@H]3C3CCC(=O)CC3)ccc2o1. The lowest BCUT2D eigenvalue weighted by Crippen LogP contribution is -2.42. The number of furan rings is 1. The van der Waals surface area contributed by atoms with Gasteiger partial charge in [-0.15, -0.1) is 0 Å². The van der Waals surface area contributed by atoms with E-state index in [2.05, 4.69) is 10.6 Å². The Kier molecular flexibility index (Phi) is 5.67. The molecule has 7 heteroatoms. The summed E-state index contributed by atoms with van der Waals surface area (Å²) in [4.78, 5) is 36.3. The summed E-state index contributed by atoms with van der Waals surface area (Å²) in [7, 11) is 0. The number of benzene rings is 1. The van der Waals surface area contributed by atoms with Gasteiger partial charge < -0.3 is 19.8 Å². The number of anilines is 1. The van der Waals surface area contributed by atoms with Crippen molar-refractivity contribution in [2.24, 2.45) is 11.8 Å². The molecule has 1 amide bonds. The number of amides is 1. The number of esters is 1. The van der Waals surface area contributed by atoms with Crippen LogP contribution in [-0.4, -0.2) is 36.9 Å². The topological polar surface area (TPSA) is 97.6 Å². The molecule has 0 bridgehead atoms. The summed E-state index contributed by atoms with van der Waals surface area (Å²) in [6, 6.07) is 6.67. The fourth-order valence-electron chi connectivity index (χ4n) is 4.55. The molecular weight excluding hydrogens is 372 g/mol. The second-order valence-electron chi connectivity index (χ2n) is 7.83. The van der Waals surface area contributed by atoms with E-state index < -0.39 is 5.97 Å². The zero-order chi connectivity index (χ0) is 20.4. The summed E-state index contributed by atoms with van der Waals surface area (Å²) in [5.74, 6) is 0.604. The van der Waals surface area contributed by atoms with Gasteiger partial charge in [-0.3, -0.25) is 9.59 Å². The fraction of sp³-hybridized carbons (Fsp3) is 0.500. The van der Waals surface area contributed by atoms with Crippen molar-refractivity contribution < 1.29 is 23.5 Å². The number of fused-ring (bicyclic) bond motifs is 1. The molecule has 2 aliphatic rings. The van der Waals surface area contributed by atoms with Crippen molar-refractivity contribution in [3.8, 4) is 0 Å². The Balaban J connectivity index is 1.45. The van der Waals surface area contributed by atoms with Crippen LogP contribution >= 0.6 is 0 Å². The van der Waals surface area contributed by atoms with Gasteiger partial charge in [-0.05, 0) is 68.8 Å². The number of hydrogen-bond donors (Lipinski definition) is 2. The van der Waals surface area contributed by atoms with Gasteiger partial charge in [-0.1, -0.05) is 0 Å². The number of carbonyl (C=O) groups is 3. The van der Waals surface area contributed by atoms with Gasteiger partial charge in [0.1, 0.15) is 11.4 Å². The highest BCUT2D eigenvalue weighted by Gasteiger charge is 2.39. The lowest BCUT2D eigenvalue weighted by molar-refractivity contribution is -0.121. The monoisotopic (exact) mass is 398 g/mol. The predicted molar refractivity (Wildman–Crippen MR) is 108 cm³/mol. The fourth-order valence-corrected chi connectivity index (χ4v) is 4.55. The molecular formula is C22H26N2O5. The van der Waals surface area contributed by atoms with Crippen LogP contribution in [0, 0.1) is 11.8 Å². The third-order valence-electron chi connectivity index (χ3n) is 6.01. The van der Waals surface area contributed by atoms with Gasteiger partial charge in [0.15, 0.2) is 0 Å². The second-order valence-corrected chi connectivity index (χ2v) is 7.83. The number of rotatable bonds is 5. The molecule has 2 atom stereocenters. The van der Waals surface area contributed by atoms with E-state index in [1.54, 1.807) is 31.2 Å². The Morgan fingerprint density at radius 1 is 1.21 bits per heavy atom. The first-order chi connectivity index (χ1) is 14.0. The van der Waals surface area contributed by atoms with E-state index in [1.165, 1.54) is 0 Å². The molecule has 0 unspecified atom stereocenters. The third-order valence-corrected chi connectivity index (χ3v) is 6.01. The third kappa shape index (κ3) is 4.19. The lowest BCUT2D eigenvalue weighted by Gasteiger charge is -2.30. The molecule has 1 aliphatic heterocycles. The van der Waals surface area contributed by atoms with Gasteiger partial charge in [0, 0.05) is 23.9 Å². The van der Waals surface area contributed by atoms with Gasteiger partial charge in [-0.2, -0.15) is 0 Å². The van der Waals surface area contributed by atoms with E-state index in [0.717, 1.165) is 31.2 Å². The molecule has 1 saturated carbocycles. The van der Waals surface area contributed by atoms with Crippen molar-refractivity contribution in [1.29, 1.82) is 0 Å². The highest BCUT2D eigenvalue weighted by molar-refractivity contribution is 5.98. The van der Waals surface area contributed by atoms with Crippen LogP contribution in [0.25, 0.3) is 11.0 Å². The smallest absolute Gasteiger partial charge is 0.374 e. The number of hydrogen-bond acceptors (Lipinski definition) is 6. The van der Waals surface area contributed by atoms with Crippen LogP contribution in [0.4, 0.5) is 5.69 Å². The summed E-state index contributed by atoms with van der Waals surface area (Å²) >= 11 is 0. The normalized spacial score (nSPS) is 22.7. The molecule has 0 radical (unpaired) electrons. The highest BCUT2D eigenvalue weighted by atomic mass is 16.5. The van der Waals surface area contributed by atoms with E-state index in [1.807, 2.05) is 0 Å². The van der Waals surface area contributed by atoms with E-state index in [4.69, 9.17) is 9.15 Å². The summed E-state index contributed by atoms with van der Waals surface area (Å²) in [6.07, 6.45) is 3.99. The van der Waals surface area contributed by atoms with Crippen LogP contribution in [0.15, 0.2) is 28.7 Å². The number of carbonyl (C=O) groups excluding carboxylic acids is 3. The number of ketones is 1. The molecule has 2 aromatic rings. The van der Waals surface area contributed by atoms with Gasteiger partial charge >= 0.3 is 5.97 Å².